The Morgan fingerprint density at radius 3 is 3.11 bits per heavy atom. The molecule has 3 heterocycles. The van der Waals surface area contributed by atoms with Crippen molar-refractivity contribution in [3.8, 4) is 0 Å². The summed E-state index contributed by atoms with van der Waals surface area (Å²) in [7, 11) is 0. The van der Waals surface area contributed by atoms with Gasteiger partial charge in [-0.1, -0.05) is 5.10 Å². The highest BCUT2D eigenvalue weighted by Gasteiger charge is 2.33. The summed E-state index contributed by atoms with van der Waals surface area (Å²) in [6.45, 7) is 5.43. The number of nitrogens with one attached hydrogen (secondary N) is 1. The molecule has 19 heavy (non-hydrogen) atoms. The molecule has 0 aliphatic carbocycles. The summed E-state index contributed by atoms with van der Waals surface area (Å²) in [6.07, 6.45) is 4.57. The van der Waals surface area contributed by atoms with Crippen molar-refractivity contribution in [3.05, 3.63) is 24.1 Å². The summed E-state index contributed by atoms with van der Waals surface area (Å²) >= 11 is 0. The fraction of sp³-hybridized carbons (Fsp3) is 0.583. The van der Waals surface area contributed by atoms with Crippen molar-refractivity contribution in [1.82, 2.24) is 19.7 Å². The fourth-order valence-electron chi connectivity index (χ4n) is 2.35. The van der Waals surface area contributed by atoms with Gasteiger partial charge in [0.05, 0.1) is 6.04 Å². The largest absolute Gasteiger partial charge is 0.408 e. The monoisotopic (exact) mass is 263 g/mol. The van der Waals surface area contributed by atoms with E-state index >= 15 is 0 Å². The van der Waals surface area contributed by atoms with Crippen LogP contribution in [-0.2, 0) is 11.3 Å². The van der Waals surface area contributed by atoms with Crippen LogP contribution in [0.5, 0.6) is 0 Å². The zero-order valence-corrected chi connectivity index (χ0v) is 11.0. The Bertz CT molecular complexity index is 550. The number of hydrogen-bond acceptors (Lipinski definition) is 6. The Labute approximate surface area is 111 Å². The lowest BCUT2D eigenvalue weighted by Crippen LogP contribution is -2.25. The number of ether oxygens (including phenoxy) is 1. The van der Waals surface area contributed by atoms with Crippen molar-refractivity contribution in [1.29, 1.82) is 0 Å². The summed E-state index contributed by atoms with van der Waals surface area (Å²) in [5.74, 6) is 1.49. The average molecular weight is 263 g/mol. The lowest BCUT2D eigenvalue weighted by atomic mass is 10.1. The predicted octanol–water partition coefficient (Wildman–Crippen LogP) is 1.54. The Kier molecular flexibility index (Phi) is 3.20. The minimum atomic E-state index is -0.0813. The molecule has 7 nitrogen and oxygen atoms in total. The van der Waals surface area contributed by atoms with Crippen molar-refractivity contribution in [3.63, 3.8) is 0 Å². The average Bonchev–Trinajstić information content (AvgIpc) is 3.10. The smallest absolute Gasteiger partial charge is 0.315 e. The Morgan fingerprint density at radius 2 is 2.37 bits per heavy atom. The molecular weight excluding hydrogens is 246 g/mol. The van der Waals surface area contributed by atoms with Gasteiger partial charge in [-0.05, 0) is 13.3 Å². The second kappa shape index (κ2) is 5.00. The zero-order chi connectivity index (χ0) is 13.2. The van der Waals surface area contributed by atoms with Gasteiger partial charge in [-0.25, -0.2) is 4.98 Å². The topological polar surface area (TPSA) is 78.0 Å². The molecule has 2 atom stereocenters. The Morgan fingerprint density at radius 1 is 1.47 bits per heavy atom. The first-order valence-electron chi connectivity index (χ1n) is 6.47. The first-order valence-corrected chi connectivity index (χ1v) is 6.47. The van der Waals surface area contributed by atoms with Gasteiger partial charge in [0.25, 0.3) is 0 Å². The van der Waals surface area contributed by atoms with Crippen LogP contribution < -0.4 is 5.32 Å². The molecule has 0 amide bonds. The van der Waals surface area contributed by atoms with Crippen molar-refractivity contribution in [2.24, 2.45) is 0 Å². The van der Waals surface area contributed by atoms with Gasteiger partial charge in [-0.3, -0.25) is 0 Å². The van der Waals surface area contributed by atoms with Gasteiger partial charge < -0.3 is 19.0 Å². The van der Waals surface area contributed by atoms with Gasteiger partial charge >= 0.3 is 6.01 Å². The maximum absolute atomic E-state index is 5.80. The summed E-state index contributed by atoms with van der Waals surface area (Å²) in [5, 5.41) is 11.0. The minimum absolute atomic E-state index is 0.0813. The number of aromatic nitrogens is 4. The summed E-state index contributed by atoms with van der Waals surface area (Å²) in [4.78, 5) is 4.40. The number of hydrogen-bond donors (Lipinski definition) is 1. The molecule has 2 aromatic rings. The second-order valence-corrected chi connectivity index (χ2v) is 4.53. The van der Waals surface area contributed by atoms with Crippen LogP contribution in [0.1, 0.15) is 31.2 Å². The Balaban J connectivity index is 1.78. The SMILES string of the molecule is CCn1ccnc1[C@H]1OCC[C@@H]1Nc1nnc(C)o1. The van der Waals surface area contributed by atoms with Crippen molar-refractivity contribution in [2.45, 2.75) is 39.0 Å². The van der Waals surface area contributed by atoms with E-state index in [4.69, 9.17) is 9.15 Å². The molecule has 0 unspecified atom stereocenters. The third-order valence-electron chi connectivity index (χ3n) is 3.27. The van der Waals surface area contributed by atoms with Crippen LogP contribution in [-0.4, -0.2) is 32.4 Å². The number of rotatable bonds is 4. The molecule has 3 rings (SSSR count). The molecule has 1 aliphatic rings. The molecule has 2 aromatic heterocycles. The van der Waals surface area contributed by atoms with E-state index in [0.717, 1.165) is 18.8 Å². The van der Waals surface area contributed by atoms with Gasteiger partial charge in [0.15, 0.2) is 0 Å². The molecule has 0 aromatic carbocycles. The zero-order valence-electron chi connectivity index (χ0n) is 11.0. The minimum Gasteiger partial charge on any atom is -0.408 e. The molecule has 102 valence electrons. The molecule has 0 bridgehead atoms. The molecule has 1 saturated heterocycles. The van der Waals surface area contributed by atoms with E-state index in [2.05, 4.69) is 32.0 Å². The molecule has 0 saturated carbocycles. The van der Waals surface area contributed by atoms with Crippen molar-refractivity contribution < 1.29 is 9.15 Å². The standard InChI is InChI=1S/C12H17N5O2/c1-3-17-6-5-13-11(17)10-9(4-7-18-10)14-12-16-15-8(2)19-12/h5-6,9-10H,3-4,7H2,1-2H3,(H,14,16)/t9-,10-/m0/s1. The van der Waals surface area contributed by atoms with E-state index in [1.165, 1.54) is 0 Å². The first-order chi connectivity index (χ1) is 9.28. The van der Waals surface area contributed by atoms with Gasteiger partial charge in [0.2, 0.25) is 5.89 Å². The lowest BCUT2D eigenvalue weighted by Gasteiger charge is -2.19. The van der Waals surface area contributed by atoms with Crippen LogP contribution in [0.2, 0.25) is 0 Å². The van der Waals surface area contributed by atoms with Crippen molar-refractivity contribution >= 4 is 6.01 Å². The van der Waals surface area contributed by atoms with Gasteiger partial charge in [-0.2, -0.15) is 0 Å². The normalized spacial score (nSPS) is 22.8. The Hall–Kier alpha value is -1.89. The highest BCUT2D eigenvalue weighted by Crippen LogP contribution is 2.30. The molecule has 0 spiro atoms. The number of anilines is 1. The summed E-state index contributed by atoms with van der Waals surface area (Å²) in [6, 6.07) is 0.542. The maximum atomic E-state index is 5.80. The van der Waals surface area contributed by atoms with Crippen molar-refractivity contribution in [2.75, 3.05) is 11.9 Å². The van der Waals surface area contributed by atoms with Crippen LogP contribution in [0.3, 0.4) is 0 Å². The second-order valence-electron chi connectivity index (χ2n) is 4.53. The lowest BCUT2D eigenvalue weighted by molar-refractivity contribution is 0.0973. The van der Waals surface area contributed by atoms with E-state index in [9.17, 15) is 0 Å². The highest BCUT2D eigenvalue weighted by atomic mass is 16.5. The molecule has 1 aliphatic heterocycles. The maximum Gasteiger partial charge on any atom is 0.315 e. The van der Waals surface area contributed by atoms with Crippen LogP contribution in [0.4, 0.5) is 6.01 Å². The van der Waals surface area contributed by atoms with Gasteiger partial charge in [-0.15, -0.1) is 5.10 Å². The van der Waals surface area contributed by atoms with E-state index in [1.54, 1.807) is 13.1 Å². The molecule has 1 fully saturated rings. The van der Waals surface area contributed by atoms with Crippen LogP contribution >= 0.6 is 0 Å². The highest BCUT2D eigenvalue weighted by molar-refractivity contribution is 5.22. The number of aryl methyl sites for hydroxylation is 2. The summed E-state index contributed by atoms with van der Waals surface area (Å²) in [5.41, 5.74) is 0. The van der Waals surface area contributed by atoms with Crippen LogP contribution in [0, 0.1) is 6.92 Å². The van der Waals surface area contributed by atoms with E-state index < -0.39 is 0 Å². The predicted molar refractivity (Wildman–Crippen MR) is 67.7 cm³/mol. The third-order valence-corrected chi connectivity index (χ3v) is 3.27. The molecular formula is C12H17N5O2. The summed E-state index contributed by atoms with van der Waals surface area (Å²) < 4.78 is 13.2. The quantitative estimate of drug-likeness (QED) is 0.901. The molecule has 0 radical (unpaired) electrons. The van der Waals surface area contributed by atoms with Crippen LogP contribution in [0.25, 0.3) is 0 Å². The number of nitrogens with zero attached hydrogens (tertiary/aromatic N) is 4. The number of imidazole rings is 1. The molecule has 1 N–H and O–H groups in total. The third kappa shape index (κ3) is 2.33. The molecule has 7 heteroatoms. The fourth-order valence-corrected chi connectivity index (χ4v) is 2.35. The van der Waals surface area contributed by atoms with E-state index in [1.807, 2.05) is 6.20 Å². The van der Waals surface area contributed by atoms with E-state index in [-0.39, 0.29) is 12.1 Å². The van der Waals surface area contributed by atoms with Gasteiger partial charge in [0.1, 0.15) is 11.9 Å². The first kappa shape index (κ1) is 12.2. The van der Waals surface area contributed by atoms with Gasteiger partial charge in [0, 0.05) is 32.5 Å². The van der Waals surface area contributed by atoms with Crippen LogP contribution in [0.15, 0.2) is 16.8 Å². The van der Waals surface area contributed by atoms with E-state index in [0.29, 0.717) is 18.5 Å².